The molecule has 0 saturated heterocycles. The Morgan fingerprint density at radius 2 is 0.474 bits per heavy atom. The van der Waals surface area contributed by atoms with Gasteiger partial charge in [-0.05, 0) is 54.9 Å². The molecule has 0 aliphatic rings. The van der Waals surface area contributed by atoms with Gasteiger partial charge >= 0.3 is 0 Å². The predicted octanol–water partition coefficient (Wildman–Crippen LogP) is 6.26. The lowest BCUT2D eigenvalue weighted by atomic mass is 10.1. The fourth-order valence-corrected chi connectivity index (χ4v) is 1.09. The second-order valence-electron chi connectivity index (χ2n) is 6.61. The molecule has 0 spiro atoms. The molecule has 0 heterocycles. The zero-order valence-corrected chi connectivity index (χ0v) is 29.0. The zero-order chi connectivity index (χ0) is 31.7. The standard InChI is InChI=1S/C8H18O2.7C3H8O/c1-4-5-8(6-9-2)7-10-3;7*1-3-4-2/h8H,4-7H2,1-3H3;7*3H2,1-2H3. The van der Waals surface area contributed by atoms with Crippen LogP contribution in [0.15, 0.2) is 0 Å². The van der Waals surface area contributed by atoms with Gasteiger partial charge in [-0.3, -0.25) is 0 Å². The van der Waals surface area contributed by atoms with E-state index in [1.165, 1.54) is 12.8 Å². The van der Waals surface area contributed by atoms with Crippen LogP contribution in [-0.4, -0.2) is 123 Å². The highest BCUT2D eigenvalue weighted by molar-refractivity contribution is 4.54. The summed E-state index contributed by atoms with van der Waals surface area (Å²) in [7, 11) is 15.2. The summed E-state index contributed by atoms with van der Waals surface area (Å²) >= 11 is 0. The molecule has 0 aromatic carbocycles. The van der Waals surface area contributed by atoms with Crippen LogP contribution < -0.4 is 0 Å². The number of hydrogen-bond donors (Lipinski definition) is 0. The van der Waals surface area contributed by atoms with Gasteiger partial charge in [-0.1, -0.05) is 13.3 Å². The van der Waals surface area contributed by atoms with Gasteiger partial charge in [0.1, 0.15) is 0 Å². The summed E-state index contributed by atoms with van der Waals surface area (Å²) in [6.07, 6.45) is 2.40. The highest BCUT2D eigenvalue weighted by Crippen LogP contribution is 2.06. The molecular formula is C29H74O9. The Morgan fingerprint density at radius 3 is 0.553 bits per heavy atom. The molecule has 0 aromatic rings. The summed E-state index contributed by atoms with van der Waals surface area (Å²) < 4.78 is 41.8. The molecule has 0 aliphatic heterocycles. The van der Waals surface area contributed by atoms with E-state index in [9.17, 15) is 0 Å². The van der Waals surface area contributed by atoms with Crippen molar-refractivity contribution in [2.24, 2.45) is 5.92 Å². The van der Waals surface area contributed by atoms with E-state index in [-0.39, 0.29) is 0 Å². The lowest BCUT2D eigenvalue weighted by Crippen LogP contribution is -2.13. The molecule has 244 valence electrons. The maximum Gasteiger partial charge on any atom is 0.0512 e. The fraction of sp³-hybridized carbons (Fsp3) is 1.00. The summed E-state index contributed by atoms with van der Waals surface area (Å²) in [5.41, 5.74) is 0. The van der Waals surface area contributed by atoms with Gasteiger partial charge in [-0.25, -0.2) is 0 Å². The molecule has 0 amide bonds. The third-order valence-electron chi connectivity index (χ3n) is 3.52. The van der Waals surface area contributed by atoms with Crippen molar-refractivity contribution in [1.29, 1.82) is 0 Å². The van der Waals surface area contributed by atoms with Crippen molar-refractivity contribution in [1.82, 2.24) is 0 Å². The molecule has 0 unspecified atom stereocenters. The van der Waals surface area contributed by atoms with E-state index >= 15 is 0 Å². The Hall–Kier alpha value is -0.360. The smallest absolute Gasteiger partial charge is 0.0512 e. The molecule has 9 heteroatoms. The molecule has 0 bridgehead atoms. The van der Waals surface area contributed by atoms with Crippen LogP contribution in [0.25, 0.3) is 0 Å². The van der Waals surface area contributed by atoms with Crippen LogP contribution >= 0.6 is 0 Å². The highest BCUT2D eigenvalue weighted by Gasteiger charge is 2.05. The maximum absolute atomic E-state index is 5.03. The largest absolute Gasteiger partial charge is 0.385 e. The van der Waals surface area contributed by atoms with Crippen molar-refractivity contribution in [2.75, 3.05) is 123 Å². The Kier molecular flexibility index (Phi) is 137. The van der Waals surface area contributed by atoms with Gasteiger partial charge in [-0.15, -0.1) is 0 Å². The molecule has 0 rings (SSSR count). The molecule has 0 saturated carbocycles. The van der Waals surface area contributed by atoms with Crippen molar-refractivity contribution < 1.29 is 42.6 Å². The molecule has 0 radical (unpaired) electrons. The van der Waals surface area contributed by atoms with Gasteiger partial charge in [0, 0.05) is 116 Å². The van der Waals surface area contributed by atoms with Gasteiger partial charge in [0.05, 0.1) is 13.2 Å². The monoisotopic (exact) mass is 567 g/mol. The summed E-state index contributed by atoms with van der Waals surface area (Å²) in [5, 5.41) is 0. The average molecular weight is 567 g/mol. The highest BCUT2D eigenvalue weighted by atomic mass is 16.5. The van der Waals surface area contributed by atoms with E-state index < -0.39 is 0 Å². The molecule has 9 nitrogen and oxygen atoms in total. The molecule has 0 fully saturated rings. The molecule has 0 N–H and O–H groups in total. The second kappa shape index (κ2) is 90.8. The topological polar surface area (TPSA) is 83.1 Å². The van der Waals surface area contributed by atoms with Crippen LogP contribution in [0, 0.1) is 5.92 Å². The van der Waals surface area contributed by atoms with E-state index in [1.807, 2.05) is 48.5 Å². The third kappa shape index (κ3) is 175. The van der Waals surface area contributed by atoms with Gasteiger partial charge in [0.15, 0.2) is 0 Å². The number of hydrogen-bond acceptors (Lipinski definition) is 9. The lowest BCUT2D eigenvalue weighted by Gasteiger charge is -2.12. The van der Waals surface area contributed by atoms with E-state index in [2.05, 4.69) is 40.1 Å². The minimum absolute atomic E-state index is 0.583. The average Bonchev–Trinajstić information content (AvgIpc) is 2.98. The number of ether oxygens (including phenoxy) is 9. The Bertz CT molecular complexity index is 171. The molecular weight excluding hydrogens is 492 g/mol. The SMILES string of the molecule is CCCC(COC)COC.CCOC.CCOC.CCOC.CCOC.CCOC.CCOC.CCOC. The summed E-state index contributed by atoms with van der Waals surface area (Å²) in [5.74, 6) is 0.583. The lowest BCUT2D eigenvalue weighted by molar-refractivity contribution is 0.0802. The minimum Gasteiger partial charge on any atom is -0.385 e. The number of methoxy groups -OCH3 is 9. The van der Waals surface area contributed by atoms with Crippen molar-refractivity contribution in [3.8, 4) is 0 Å². The first kappa shape index (κ1) is 57.5. The first-order chi connectivity index (χ1) is 18.2. The van der Waals surface area contributed by atoms with Crippen LogP contribution in [0.4, 0.5) is 0 Å². The summed E-state index contributed by atoms with van der Waals surface area (Å²) in [6, 6.07) is 0. The Labute approximate surface area is 240 Å². The minimum atomic E-state index is 0.583. The van der Waals surface area contributed by atoms with Gasteiger partial charge in [0.25, 0.3) is 0 Å². The van der Waals surface area contributed by atoms with Crippen molar-refractivity contribution >= 4 is 0 Å². The maximum atomic E-state index is 5.03. The van der Waals surface area contributed by atoms with Crippen LogP contribution in [-0.2, 0) is 42.6 Å². The summed E-state index contributed by atoms with van der Waals surface area (Å²) in [6.45, 7) is 23.3. The van der Waals surface area contributed by atoms with Gasteiger partial charge < -0.3 is 42.6 Å². The van der Waals surface area contributed by atoms with Crippen LogP contribution in [0.5, 0.6) is 0 Å². The first-order valence-electron chi connectivity index (χ1n) is 13.7. The van der Waals surface area contributed by atoms with Crippen LogP contribution in [0.2, 0.25) is 0 Å². The molecule has 38 heavy (non-hydrogen) atoms. The van der Waals surface area contributed by atoms with Gasteiger partial charge in [0.2, 0.25) is 0 Å². The van der Waals surface area contributed by atoms with Crippen molar-refractivity contribution in [2.45, 2.75) is 68.2 Å². The van der Waals surface area contributed by atoms with E-state index in [1.54, 1.807) is 64.0 Å². The van der Waals surface area contributed by atoms with Crippen molar-refractivity contribution in [3.05, 3.63) is 0 Å². The third-order valence-corrected chi connectivity index (χ3v) is 3.52. The predicted molar refractivity (Wildman–Crippen MR) is 165 cm³/mol. The quantitative estimate of drug-likeness (QED) is 0.256. The second-order valence-corrected chi connectivity index (χ2v) is 6.61. The molecule has 0 atom stereocenters. The van der Waals surface area contributed by atoms with Crippen LogP contribution in [0.3, 0.4) is 0 Å². The Morgan fingerprint density at radius 1 is 0.316 bits per heavy atom. The van der Waals surface area contributed by atoms with Gasteiger partial charge in [-0.2, -0.15) is 0 Å². The Balaban J connectivity index is -0.0000000470. The van der Waals surface area contributed by atoms with E-state index in [0.717, 1.165) is 59.5 Å². The van der Waals surface area contributed by atoms with E-state index in [4.69, 9.17) is 9.47 Å². The van der Waals surface area contributed by atoms with Crippen LogP contribution in [0.1, 0.15) is 68.2 Å². The van der Waals surface area contributed by atoms with Crippen molar-refractivity contribution in [3.63, 3.8) is 0 Å². The molecule has 0 aromatic heterocycles. The molecule has 0 aliphatic carbocycles. The first-order valence-corrected chi connectivity index (χ1v) is 13.7. The normalized spacial score (nSPS) is 8.37. The zero-order valence-electron chi connectivity index (χ0n) is 29.0. The summed E-state index contributed by atoms with van der Waals surface area (Å²) in [4.78, 5) is 0. The fourth-order valence-electron chi connectivity index (χ4n) is 1.09. The van der Waals surface area contributed by atoms with E-state index in [0.29, 0.717) is 5.92 Å². The number of rotatable bonds is 13.